The van der Waals surface area contributed by atoms with Gasteiger partial charge >= 0.3 is 0 Å². The van der Waals surface area contributed by atoms with Crippen molar-refractivity contribution in [2.24, 2.45) is 5.41 Å². The molecule has 2 rings (SSSR count). The molecule has 1 aliphatic rings. The Labute approximate surface area is 138 Å². The van der Waals surface area contributed by atoms with Crippen molar-refractivity contribution >= 4 is 11.7 Å². The van der Waals surface area contributed by atoms with Crippen molar-refractivity contribution in [3.63, 3.8) is 0 Å². The van der Waals surface area contributed by atoms with Crippen LogP contribution in [0, 0.1) is 5.41 Å². The maximum absolute atomic E-state index is 11.8. The summed E-state index contributed by atoms with van der Waals surface area (Å²) in [6.45, 7) is 6.84. The van der Waals surface area contributed by atoms with Gasteiger partial charge in [-0.3, -0.25) is 9.78 Å². The Morgan fingerprint density at radius 1 is 1.22 bits per heavy atom. The molecular weight excluding hydrogens is 292 g/mol. The lowest BCUT2D eigenvalue weighted by molar-refractivity contribution is -0.128. The number of anilines is 1. The first-order valence-corrected chi connectivity index (χ1v) is 8.46. The number of rotatable bonds is 6. The zero-order chi connectivity index (χ0) is 16.7. The molecule has 1 heterocycles. The van der Waals surface area contributed by atoms with Gasteiger partial charge in [-0.2, -0.15) is 4.98 Å². The number of aromatic nitrogens is 2. The second-order valence-corrected chi connectivity index (χ2v) is 7.05. The molecule has 0 radical (unpaired) electrons. The molecule has 1 amide bonds. The standard InChI is InChI=1S/C17H28N4O2/c1-17(2,3)16(22)20-10-9-19-14-11-18-12-15(21-14)23-13-7-5-4-6-8-13/h11-13H,4-10H2,1-3H3,(H,19,21)(H,20,22). The van der Waals surface area contributed by atoms with E-state index in [2.05, 4.69) is 20.6 Å². The molecule has 0 spiro atoms. The molecule has 1 fully saturated rings. The van der Waals surface area contributed by atoms with Gasteiger partial charge in [0.2, 0.25) is 11.8 Å². The van der Waals surface area contributed by atoms with Gasteiger partial charge in [-0.1, -0.05) is 27.2 Å². The molecule has 0 atom stereocenters. The van der Waals surface area contributed by atoms with E-state index in [0.717, 1.165) is 12.8 Å². The molecule has 1 aromatic rings. The van der Waals surface area contributed by atoms with Gasteiger partial charge in [-0.25, -0.2) is 0 Å². The number of amides is 1. The number of ether oxygens (including phenoxy) is 1. The van der Waals surface area contributed by atoms with E-state index in [4.69, 9.17) is 4.74 Å². The van der Waals surface area contributed by atoms with Crippen LogP contribution >= 0.6 is 0 Å². The van der Waals surface area contributed by atoms with Crippen LogP contribution in [0.2, 0.25) is 0 Å². The zero-order valence-corrected chi connectivity index (χ0v) is 14.4. The fourth-order valence-electron chi connectivity index (χ4n) is 2.48. The smallest absolute Gasteiger partial charge is 0.234 e. The lowest BCUT2D eigenvalue weighted by atomic mass is 9.96. The number of carbonyl (C=O) groups excluding carboxylic acids is 1. The van der Waals surface area contributed by atoms with Crippen LogP contribution in [-0.2, 0) is 4.79 Å². The average molecular weight is 320 g/mol. The van der Waals surface area contributed by atoms with Crippen molar-refractivity contribution < 1.29 is 9.53 Å². The Balaban J connectivity index is 1.75. The van der Waals surface area contributed by atoms with E-state index in [9.17, 15) is 4.79 Å². The molecule has 1 saturated carbocycles. The summed E-state index contributed by atoms with van der Waals surface area (Å²) in [6.07, 6.45) is 9.52. The van der Waals surface area contributed by atoms with Gasteiger partial charge in [0.15, 0.2) is 0 Å². The number of nitrogens with zero attached hydrogens (tertiary/aromatic N) is 2. The Hall–Kier alpha value is -1.85. The van der Waals surface area contributed by atoms with Gasteiger partial charge in [-0.05, 0) is 25.7 Å². The summed E-state index contributed by atoms with van der Waals surface area (Å²) in [4.78, 5) is 20.4. The van der Waals surface area contributed by atoms with Gasteiger partial charge in [0, 0.05) is 18.5 Å². The van der Waals surface area contributed by atoms with Gasteiger partial charge in [0.05, 0.1) is 12.4 Å². The largest absolute Gasteiger partial charge is 0.473 e. The Morgan fingerprint density at radius 3 is 2.65 bits per heavy atom. The molecule has 6 nitrogen and oxygen atoms in total. The Bertz CT molecular complexity index is 508. The third-order valence-electron chi connectivity index (χ3n) is 3.85. The Kier molecular flexibility index (Phi) is 6.19. The number of nitrogens with one attached hydrogen (secondary N) is 2. The average Bonchev–Trinajstić information content (AvgIpc) is 2.52. The fraction of sp³-hybridized carbons (Fsp3) is 0.706. The first-order chi connectivity index (χ1) is 10.9. The van der Waals surface area contributed by atoms with Crippen LogP contribution in [0.25, 0.3) is 0 Å². The molecule has 23 heavy (non-hydrogen) atoms. The minimum atomic E-state index is -0.368. The second kappa shape index (κ2) is 8.13. The van der Waals surface area contributed by atoms with Crippen molar-refractivity contribution in [3.8, 4) is 5.88 Å². The highest BCUT2D eigenvalue weighted by atomic mass is 16.5. The zero-order valence-electron chi connectivity index (χ0n) is 14.4. The SMILES string of the molecule is CC(C)(C)C(=O)NCCNc1cncc(OC2CCCCC2)n1. The van der Waals surface area contributed by atoms with E-state index in [-0.39, 0.29) is 17.4 Å². The van der Waals surface area contributed by atoms with Crippen LogP contribution in [0.4, 0.5) is 5.82 Å². The molecule has 128 valence electrons. The van der Waals surface area contributed by atoms with Gasteiger partial charge < -0.3 is 15.4 Å². The minimum absolute atomic E-state index is 0.0415. The third kappa shape index (κ3) is 6.04. The van der Waals surface area contributed by atoms with Crippen LogP contribution in [0.1, 0.15) is 52.9 Å². The molecule has 6 heteroatoms. The van der Waals surface area contributed by atoms with Crippen molar-refractivity contribution in [2.45, 2.75) is 59.0 Å². The van der Waals surface area contributed by atoms with E-state index < -0.39 is 0 Å². The molecule has 0 aliphatic heterocycles. The molecule has 0 unspecified atom stereocenters. The summed E-state index contributed by atoms with van der Waals surface area (Å²) in [6, 6.07) is 0. The number of hydrogen-bond donors (Lipinski definition) is 2. The van der Waals surface area contributed by atoms with Crippen molar-refractivity contribution in [3.05, 3.63) is 12.4 Å². The van der Waals surface area contributed by atoms with Crippen LogP contribution in [-0.4, -0.2) is 35.1 Å². The summed E-state index contributed by atoms with van der Waals surface area (Å²) in [7, 11) is 0. The highest BCUT2D eigenvalue weighted by Gasteiger charge is 2.20. The van der Waals surface area contributed by atoms with Crippen LogP contribution in [0.3, 0.4) is 0 Å². The van der Waals surface area contributed by atoms with Crippen LogP contribution in [0.15, 0.2) is 12.4 Å². The summed E-state index contributed by atoms with van der Waals surface area (Å²) in [5.74, 6) is 1.28. The van der Waals surface area contributed by atoms with Gasteiger partial charge in [0.25, 0.3) is 0 Å². The highest BCUT2D eigenvalue weighted by Crippen LogP contribution is 2.22. The first kappa shape index (κ1) is 17.5. The van der Waals surface area contributed by atoms with Crippen molar-refractivity contribution in [1.29, 1.82) is 0 Å². The van der Waals surface area contributed by atoms with Crippen LogP contribution in [0.5, 0.6) is 5.88 Å². The van der Waals surface area contributed by atoms with Gasteiger partial charge in [-0.15, -0.1) is 0 Å². The molecule has 1 aromatic heterocycles. The first-order valence-electron chi connectivity index (χ1n) is 8.46. The predicted molar refractivity (Wildman–Crippen MR) is 90.5 cm³/mol. The normalized spacial score (nSPS) is 16.0. The molecular formula is C17H28N4O2. The lowest BCUT2D eigenvalue weighted by Gasteiger charge is -2.22. The van der Waals surface area contributed by atoms with Crippen molar-refractivity contribution in [1.82, 2.24) is 15.3 Å². The van der Waals surface area contributed by atoms with E-state index in [1.54, 1.807) is 12.4 Å². The number of carbonyl (C=O) groups is 1. The lowest BCUT2D eigenvalue weighted by Crippen LogP contribution is -2.37. The maximum atomic E-state index is 11.8. The molecule has 1 aliphatic carbocycles. The molecule has 0 aromatic carbocycles. The second-order valence-electron chi connectivity index (χ2n) is 7.05. The van der Waals surface area contributed by atoms with E-state index in [1.165, 1.54) is 19.3 Å². The minimum Gasteiger partial charge on any atom is -0.473 e. The fourth-order valence-corrected chi connectivity index (χ4v) is 2.48. The monoisotopic (exact) mass is 320 g/mol. The van der Waals surface area contributed by atoms with E-state index >= 15 is 0 Å². The molecule has 0 bridgehead atoms. The summed E-state index contributed by atoms with van der Waals surface area (Å²) in [5.41, 5.74) is -0.368. The van der Waals surface area contributed by atoms with Crippen molar-refractivity contribution in [2.75, 3.05) is 18.4 Å². The Morgan fingerprint density at radius 2 is 1.96 bits per heavy atom. The summed E-state index contributed by atoms with van der Waals surface area (Å²) >= 11 is 0. The van der Waals surface area contributed by atoms with E-state index in [0.29, 0.717) is 24.8 Å². The molecule has 0 saturated heterocycles. The molecule has 2 N–H and O–H groups in total. The maximum Gasteiger partial charge on any atom is 0.234 e. The topological polar surface area (TPSA) is 76.1 Å². The summed E-state index contributed by atoms with van der Waals surface area (Å²) < 4.78 is 5.90. The highest BCUT2D eigenvalue weighted by molar-refractivity contribution is 5.81. The predicted octanol–water partition coefficient (Wildman–Crippen LogP) is 2.76. The summed E-state index contributed by atoms with van der Waals surface area (Å²) in [5, 5.41) is 6.05. The van der Waals surface area contributed by atoms with Crippen LogP contribution < -0.4 is 15.4 Å². The van der Waals surface area contributed by atoms with E-state index in [1.807, 2.05) is 20.8 Å². The number of hydrogen-bond acceptors (Lipinski definition) is 5. The third-order valence-corrected chi connectivity index (χ3v) is 3.85. The quantitative estimate of drug-likeness (QED) is 0.788. The van der Waals surface area contributed by atoms with Gasteiger partial charge in [0.1, 0.15) is 11.9 Å².